The molecule has 1 aliphatic heterocycles. The Balaban J connectivity index is 1.72. The van der Waals surface area contributed by atoms with Gasteiger partial charge in [-0.1, -0.05) is 12.1 Å². The molecule has 0 unspecified atom stereocenters. The van der Waals surface area contributed by atoms with E-state index in [0.717, 1.165) is 0 Å². The number of carbonyl (C=O) groups excluding carboxylic acids is 2. The van der Waals surface area contributed by atoms with Crippen LogP contribution in [0.3, 0.4) is 0 Å². The van der Waals surface area contributed by atoms with Crippen LogP contribution < -0.4 is 0 Å². The van der Waals surface area contributed by atoms with Crippen molar-refractivity contribution in [3.05, 3.63) is 52.9 Å². The molecule has 2 aromatic rings. The van der Waals surface area contributed by atoms with Crippen molar-refractivity contribution in [2.75, 3.05) is 26.2 Å². The van der Waals surface area contributed by atoms with E-state index in [1.807, 2.05) is 0 Å². The molecular weight excluding hydrogens is 380 g/mol. The molecule has 3 rings (SSSR count). The fraction of sp³-hybridized carbons (Fsp3) is 0.294. The van der Waals surface area contributed by atoms with Crippen molar-refractivity contribution >= 4 is 33.3 Å². The molecule has 0 aliphatic carbocycles. The van der Waals surface area contributed by atoms with Crippen LogP contribution in [0.2, 0.25) is 5.22 Å². The Labute approximate surface area is 156 Å². The van der Waals surface area contributed by atoms with E-state index < -0.39 is 10.0 Å². The molecule has 0 N–H and O–H groups in total. The molecule has 1 aromatic carbocycles. The van der Waals surface area contributed by atoms with Crippen LogP contribution in [0, 0.1) is 0 Å². The number of amides is 1. The molecule has 0 atom stereocenters. The normalized spacial score (nSPS) is 15.8. The van der Waals surface area contributed by atoms with E-state index in [0.29, 0.717) is 5.56 Å². The van der Waals surface area contributed by atoms with Gasteiger partial charge >= 0.3 is 0 Å². The number of nitrogens with zero attached hydrogens (tertiary/aromatic N) is 2. The molecule has 0 spiro atoms. The second kappa shape index (κ2) is 7.22. The number of halogens is 1. The SMILES string of the molecule is CC(=O)c1cccc(S(=O)(=O)N2CCN(C(=O)c3ccc(Cl)o3)CC2)c1. The summed E-state index contributed by atoms with van der Waals surface area (Å²) in [6, 6.07) is 8.93. The molecule has 1 aromatic heterocycles. The van der Waals surface area contributed by atoms with Crippen LogP contribution in [-0.2, 0) is 10.0 Å². The lowest BCUT2D eigenvalue weighted by Crippen LogP contribution is -2.50. The first-order chi connectivity index (χ1) is 12.3. The summed E-state index contributed by atoms with van der Waals surface area (Å²) in [4.78, 5) is 25.4. The molecule has 1 fully saturated rings. The Bertz CT molecular complexity index is 946. The zero-order chi connectivity index (χ0) is 18.9. The molecule has 7 nitrogen and oxygen atoms in total. The van der Waals surface area contributed by atoms with Gasteiger partial charge in [0.25, 0.3) is 5.91 Å². The fourth-order valence-corrected chi connectivity index (χ4v) is 4.36. The first-order valence-corrected chi connectivity index (χ1v) is 9.76. The summed E-state index contributed by atoms with van der Waals surface area (Å²) in [6.45, 7) is 2.18. The Morgan fingerprint density at radius 1 is 1.08 bits per heavy atom. The number of sulfonamides is 1. The summed E-state index contributed by atoms with van der Waals surface area (Å²) >= 11 is 5.68. The van der Waals surface area contributed by atoms with Gasteiger partial charge in [0.15, 0.2) is 16.8 Å². The van der Waals surface area contributed by atoms with E-state index in [1.165, 1.54) is 40.4 Å². The standard InChI is InChI=1S/C17H17ClN2O5S/c1-12(21)13-3-2-4-14(11-13)26(23,24)20-9-7-19(8-10-20)17(22)15-5-6-16(18)25-15/h2-6,11H,7-10H2,1H3. The highest BCUT2D eigenvalue weighted by Gasteiger charge is 2.31. The summed E-state index contributed by atoms with van der Waals surface area (Å²) in [5, 5.41) is 0.125. The van der Waals surface area contributed by atoms with Crippen molar-refractivity contribution < 1.29 is 22.4 Å². The Morgan fingerprint density at radius 2 is 1.77 bits per heavy atom. The van der Waals surface area contributed by atoms with E-state index in [4.69, 9.17) is 16.0 Å². The highest BCUT2D eigenvalue weighted by Crippen LogP contribution is 2.21. The monoisotopic (exact) mass is 396 g/mol. The van der Waals surface area contributed by atoms with Crippen LogP contribution in [0.1, 0.15) is 27.8 Å². The van der Waals surface area contributed by atoms with Crippen molar-refractivity contribution in [3.8, 4) is 0 Å². The number of furan rings is 1. The lowest BCUT2D eigenvalue weighted by Gasteiger charge is -2.33. The molecular formula is C17H17ClN2O5S. The predicted molar refractivity (Wildman–Crippen MR) is 94.8 cm³/mol. The van der Waals surface area contributed by atoms with Crippen LogP contribution in [0.15, 0.2) is 45.7 Å². The molecule has 9 heteroatoms. The van der Waals surface area contributed by atoms with Crippen molar-refractivity contribution in [2.24, 2.45) is 0 Å². The third kappa shape index (κ3) is 3.67. The predicted octanol–water partition coefficient (Wildman–Crippen LogP) is 2.28. The zero-order valence-electron chi connectivity index (χ0n) is 14.0. The highest BCUT2D eigenvalue weighted by molar-refractivity contribution is 7.89. The van der Waals surface area contributed by atoms with Crippen LogP contribution in [0.5, 0.6) is 0 Å². The summed E-state index contributed by atoms with van der Waals surface area (Å²) in [5.74, 6) is -0.400. The fourth-order valence-electron chi connectivity index (χ4n) is 2.74. The average Bonchev–Trinajstić information content (AvgIpc) is 3.07. The Kier molecular flexibility index (Phi) is 5.17. The lowest BCUT2D eigenvalue weighted by atomic mass is 10.2. The molecule has 26 heavy (non-hydrogen) atoms. The maximum atomic E-state index is 12.8. The number of benzene rings is 1. The number of hydrogen-bond donors (Lipinski definition) is 0. The third-order valence-electron chi connectivity index (χ3n) is 4.19. The van der Waals surface area contributed by atoms with Gasteiger partial charge in [-0.05, 0) is 42.8 Å². The minimum Gasteiger partial charge on any atom is -0.440 e. The van der Waals surface area contributed by atoms with E-state index in [2.05, 4.69) is 0 Å². The number of ketones is 1. The van der Waals surface area contributed by atoms with Crippen LogP contribution in [-0.4, -0.2) is 55.5 Å². The summed E-state index contributed by atoms with van der Waals surface area (Å²) in [6.07, 6.45) is 0. The Hall–Kier alpha value is -2.16. The first-order valence-electron chi connectivity index (χ1n) is 7.95. The highest BCUT2D eigenvalue weighted by atomic mass is 35.5. The number of hydrogen-bond acceptors (Lipinski definition) is 5. The van der Waals surface area contributed by atoms with Gasteiger partial charge < -0.3 is 9.32 Å². The summed E-state index contributed by atoms with van der Waals surface area (Å²) in [7, 11) is -3.73. The van der Waals surface area contributed by atoms with Gasteiger partial charge in [-0.15, -0.1) is 0 Å². The smallest absolute Gasteiger partial charge is 0.289 e. The van der Waals surface area contributed by atoms with E-state index >= 15 is 0 Å². The van der Waals surface area contributed by atoms with Crippen LogP contribution in [0.25, 0.3) is 0 Å². The topological polar surface area (TPSA) is 87.9 Å². The lowest BCUT2D eigenvalue weighted by molar-refractivity contribution is 0.0666. The van der Waals surface area contributed by atoms with Crippen molar-refractivity contribution in [3.63, 3.8) is 0 Å². The minimum atomic E-state index is -3.73. The van der Waals surface area contributed by atoms with E-state index in [1.54, 1.807) is 12.1 Å². The second-order valence-electron chi connectivity index (χ2n) is 5.88. The van der Waals surface area contributed by atoms with Crippen molar-refractivity contribution in [1.29, 1.82) is 0 Å². The van der Waals surface area contributed by atoms with Crippen molar-refractivity contribution in [2.45, 2.75) is 11.8 Å². The number of Topliss-reactive ketones (excluding diaryl/α,β-unsaturated/α-hetero) is 1. The average molecular weight is 397 g/mol. The zero-order valence-corrected chi connectivity index (χ0v) is 15.6. The van der Waals surface area contributed by atoms with E-state index in [-0.39, 0.29) is 53.7 Å². The number of piperazine rings is 1. The van der Waals surface area contributed by atoms with Gasteiger partial charge in [0.2, 0.25) is 10.0 Å². The molecule has 1 amide bonds. The maximum Gasteiger partial charge on any atom is 0.289 e. The largest absolute Gasteiger partial charge is 0.440 e. The Morgan fingerprint density at radius 3 is 2.35 bits per heavy atom. The number of rotatable bonds is 4. The molecule has 0 bridgehead atoms. The molecule has 1 saturated heterocycles. The quantitative estimate of drug-likeness (QED) is 0.740. The van der Waals surface area contributed by atoms with Crippen LogP contribution in [0.4, 0.5) is 0 Å². The second-order valence-corrected chi connectivity index (χ2v) is 8.19. The maximum absolute atomic E-state index is 12.8. The van der Waals surface area contributed by atoms with Crippen LogP contribution >= 0.6 is 11.6 Å². The summed E-state index contributed by atoms with van der Waals surface area (Å²) in [5.41, 5.74) is 0.342. The molecule has 138 valence electrons. The van der Waals surface area contributed by atoms with E-state index in [9.17, 15) is 18.0 Å². The van der Waals surface area contributed by atoms with Gasteiger partial charge in [0.05, 0.1) is 4.90 Å². The first kappa shape index (κ1) is 18.6. The van der Waals surface area contributed by atoms with Gasteiger partial charge in [-0.25, -0.2) is 8.42 Å². The third-order valence-corrected chi connectivity index (χ3v) is 6.29. The summed E-state index contributed by atoms with van der Waals surface area (Å²) < 4.78 is 32.0. The number of carbonyl (C=O) groups is 2. The molecule has 2 heterocycles. The molecule has 1 aliphatic rings. The van der Waals surface area contributed by atoms with Gasteiger partial charge in [0.1, 0.15) is 0 Å². The molecule has 0 radical (unpaired) electrons. The molecule has 0 saturated carbocycles. The van der Waals surface area contributed by atoms with Crippen molar-refractivity contribution in [1.82, 2.24) is 9.21 Å². The minimum absolute atomic E-state index is 0.0720. The van der Waals surface area contributed by atoms with Gasteiger partial charge in [-0.3, -0.25) is 9.59 Å². The van der Waals surface area contributed by atoms with Gasteiger partial charge in [-0.2, -0.15) is 4.31 Å². The van der Waals surface area contributed by atoms with Gasteiger partial charge in [0, 0.05) is 31.7 Å².